The first-order valence-electron chi connectivity index (χ1n) is 9.91. The SMILES string of the molecule is CCNC(=NCc1ccc(C(=O)N(CC)CC)cc1)NCC(=O)NC(C)(C)C.I. The molecule has 7 nitrogen and oxygen atoms in total. The van der Waals surface area contributed by atoms with Crippen molar-refractivity contribution in [1.29, 1.82) is 0 Å². The van der Waals surface area contributed by atoms with Gasteiger partial charge in [-0.15, -0.1) is 24.0 Å². The molecule has 2 amide bonds. The van der Waals surface area contributed by atoms with Crippen LogP contribution in [0.5, 0.6) is 0 Å². The van der Waals surface area contributed by atoms with Gasteiger partial charge in [0, 0.05) is 30.7 Å². The second kappa shape index (κ2) is 13.4. The smallest absolute Gasteiger partial charge is 0.253 e. The van der Waals surface area contributed by atoms with Crippen LogP contribution in [0.3, 0.4) is 0 Å². The molecule has 29 heavy (non-hydrogen) atoms. The molecular formula is C21H36IN5O2. The van der Waals surface area contributed by atoms with E-state index in [1.54, 1.807) is 4.90 Å². The molecule has 0 heterocycles. The number of nitrogens with zero attached hydrogens (tertiary/aromatic N) is 2. The van der Waals surface area contributed by atoms with E-state index in [0.29, 0.717) is 37.7 Å². The van der Waals surface area contributed by atoms with Crippen molar-refractivity contribution < 1.29 is 9.59 Å². The summed E-state index contributed by atoms with van der Waals surface area (Å²) in [6.07, 6.45) is 0. The third kappa shape index (κ3) is 10.5. The van der Waals surface area contributed by atoms with Gasteiger partial charge < -0.3 is 20.9 Å². The molecule has 0 saturated carbocycles. The van der Waals surface area contributed by atoms with Crippen LogP contribution in [0, 0.1) is 0 Å². The Morgan fingerprint density at radius 3 is 2.07 bits per heavy atom. The summed E-state index contributed by atoms with van der Waals surface area (Å²) in [5, 5.41) is 9.07. The molecule has 0 radical (unpaired) electrons. The van der Waals surface area contributed by atoms with Gasteiger partial charge in [-0.25, -0.2) is 4.99 Å². The lowest BCUT2D eigenvalue weighted by Crippen LogP contribution is -2.48. The Labute approximate surface area is 192 Å². The molecule has 3 N–H and O–H groups in total. The summed E-state index contributed by atoms with van der Waals surface area (Å²) in [7, 11) is 0. The first-order chi connectivity index (χ1) is 13.2. The third-order valence-electron chi connectivity index (χ3n) is 3.95. The van der Waals surface area contributed by atoms with E-state index in [2.05, 4.69) is 20.9 Å². The van der Waals surface area contributed by atoms with Crippen molar-refractivity contribution in [3.8, 4) is 0 Å². The van der Waals surface area contributed by atoms with Crippen molar-refractivity contribution >= 4 is 41.8 Å². The molecule has 0 aliphatic rings. The highest BCUT2D eigenvalue weighted by Gasteiger charge is 2.14. The maximum Gasteiger partial charge on any atom is 0.253 e. The summed E-state index contributed by atoms with van der Waals surface area (Å²) in [4.78, 5) is 30.6. The number of carbonyl (C=O) groups excluding carboxylic acids is 2. The Bertz CT molecular complexity index is 665. The predicted molar refractivity (Wildman–Crippen MR) is 130 cm³/mol. The molecule has 8 heteroatoms. The second-order valence-electron chi connectivity index (χ2n) is 7.52. The average molecular weight is 517 g/mol. The first-order valence-corrected chi connectivity index (χ1v) is 9.91. The molecule has 164 valence electrons. The highest BCUT2D eigenvalue weighted by molar-refractivity contribution is 14.0. The molecule has 0 fully saturated rings. The Balaban J connectivity index is 0.00000784. The van der Waals surface area contributed by atoms with Crippen LogP contribution in [0.2, 0.25) is 0 Å². The molecule has 1 aromatic carbocycles. The van der Waals surface area contributed by atoms with Crippen molar-refractivity contribution in [1.82, 2.24) is 20.9 Å². The van der Waals surface area contributed by atoms with Crippen LogP contribution in [-0.4, -0.2) is 54.4 Å². The quantitative estimate of drug-likeness (QED) is 0.281. The number of hydrogen-bond acceptors (Lipinski definition) is 3. The third-order valence-corrected chi connectivity index (χ3v) is 3.95. The highest BCUT2D eigenvalue weighted by atomic mass is 127. The van der Waals surface area contributed by atoms with Gasteiger partial charge in [0.25, 0.3) is 5.91 Å². The fourth-order valence-corrected chi connectivity index (χ4v) is 2.58. The van der Waals surface area contributed by atoms with Crippen LogP contribution in [0.15, 0.2) is 29.3 Å². The second-order valence-corrected chi connectivity index (χ2v) is 7.52. The highest BCUT2D eigenvalue weighted by Crippen LogP contribution is 2.09. The summed E-state index contributed by atoms with van der Waals surface area (Å²) in [5.74, 6) is 0.534. The van der Waals surface area contributed by atoms with Gasteiger partial charge in [-0.2, -0.15) is 0 Å². The molecule has 0 bridgehead atoms. The van der Waals surface area contributed by atoms with E-state index >= 15 is 0 Å². The maximum atomic E-state index is 12.4. The van der Waals surface area contributed by atoms with E-state index < -0.39 is 0 Å². The Hall–Kier alpha value is -1.84. The van der Waals surface area contributed by atoms with Gasteiger partial charge in [0.15, 0.2) is 5.96 Å². The number of carbonyl (C=O) groups is 2. The van der Waals surface area contributed by atoms with Crippen LogP contribution >= 0.6 is 24.0 Å². The monoisotopic (exact) mass is 517 g/mol. The normalized spacial score (nSPS) is 11.3. The lowest BCUT2D eigenvalue weighted by molar-refractivity contribution is -0.121. The van der Waals surface area contributed by atoms with Crippen molar-refractivity contribution in [3.05, 3.63) is 35.4 Å². The van der Waals surface area contributed by atoms with E-state index in [4.69, 9.17) is 0 Å². The van der Waals surface area contributed by atoms with Crippen molar-refractivity contribution in [2.45, 2.75) is 53.6 Å². The largest absolute Gasteiger partial charge is 0.357 e. The number of rotatable bonds is 8. The fraction of sp³-hybridized carbons (Fsp3) is 0.571. The van der Waals surface area contributed by atoms with Gasteiger partial charge in [0.1, 0.15) is 0 Å². The number of hydrogen-bond donors (Lipinski definition) is 3. The number of nitrogens with one attached hydrogen (secondary N) is 3. The Morgan fingerprint density at radius 1 is 1.00 bits per heavy atom. The molecule has 0 spiro atoms. The molecular weight excluding hydrogens is 481 g/mol. The number of halogens is 1. The average Bonchev–Trinajstić information content (AvgIpc) is 2.64. The summed E-state index contributed by atoms with van der Waals surface area (Å²) in [5.41, 5.74) is 1.41. The van der Waals surface area contributed by atoms with Crippen molar-refractivity contribution in [2.24, 2.45) is 4.99 Å². The molecule has 1 aromatic rings. The zero-order valence-corrected chi connectivity index (χ0v) is 20.8. The molecule has 1 rings (SSSR count). The summed E-state index contributed by atoms with van der Waals surface area (Å²) < 4.78 is 0. The Kier molecular flexibility index (Phi) is 12.5. The zero-order chi connectivity index (χ0) is 21.2. The van der Waals surface area contributed by atoms with Gasteiger partial charge >= 0.3 is 0 Å². The minimum atomic E-state index is -0.265. The van der Waals surface area contributed by atoms with Gasteiger partial charge in [0.05, 0.1) is 13.1 Å². The molecule has 0 saturated heterocycles. The summed E-state index contributed by atoms with van der Waals surface area (Å²) in [6, 6.07) is 7.50. The van der Waals surface area contributed by atoms with Crippen LogP contribution in [0.4, 0.5) is 0 Å². The topological polar surface area (TPSA) is 85.8 Å². The van der Waals surface area contributed by atoms with Gasteiger partial charge in [-0.3, -0.25) is 9.59 Å². The van der Waals surface area contributed by atoms with E-state index in [1.165, 1.54) is 0 Å². The van der Waals surface area contributed by atoms with Crippen LogP contribution in [-0.2, 0) is 11.3 Å². The van der Waals surface area contributed by atoms with Gasteiger partial charge in [-0.05, 0) is 59.2 Å². The number of aliphatic imine (C=N–C) groups is 1. The molecule has 0 aliphatic carbocycles. The zero-order valence-electron chi connectivity index (χ0n) is 18.5. The van der Waals surface area contributed by atoms with E-state index in [-0.39, 0.29) is 47.9 Å². The molecule has 0 aromatic heterocycles. The van der Waals surface area contributed by atoms with Gasteiger partial charge in [-0.1, -0.05) is 12.1 Å². The number of amides is 2. The molecule has 0 aliphatic heterocycles. The number of guanidine groups is 1. The van der Waals surface area contributed by atoms with Crippen LogP contribution < -0.4 is 16.0 Å². The fourth-order valence-electron chi connectivity index (χ4n) is 2.58. The number of benzene rings is 1. The molecule has 0 atom stereocenters. The lowest BCUT2D eigenvalue weighted by atomic mass is 10.1. The van der Waals surface area contributed by atoms with Crippen molar-refractivity contribution in [3.63, 3.8) is 0 Å². The van der Waals surface area contributed by atoms with E-state index in [0.717, 1.165) is 5.56 Å². The van der Waals surface area contributed by atoms with Crippen LogP contribution in [0.1, 0.15) is 57.5 Å². The van der Waals surface area contributed by atoms with E-state index in [9.17, 15) is 9.59 Å². The lowest BCUT2D eigenvalue weighted by Gasteiger charge is -2.21. The standard InChI is InChI=1S/C21H35N5O2.HI/c1-7-22-20(24-15-18(27)25-21(4,5)6)23-14-16-10-12-17(13-11-16)19(28)26(8-2)9-3;/h10-13H,7-9,14-15H2,1-6H3,(H,25,27)(H2,22,23,24);1H. The first kappa shape index (κ1) is 27.2. The Morgan fingerprint density at radius 2 is 1.59 bits per heavy atom. The predicted octanol–water partition coefficient (Wildman–Crippen LogP) is 2.76. The van der Waals surface area contributed by atoms with Crippen molar-refractivity contribution in [2.75, 3.05) is 26.2 Å². The summed E-state index contributed by atoms with van der Waals surface area (Å²) in [6.45, 7) is 14.4. The van der Waals surface area contributed by atoms with Crippen LogP contribution in [0.25, 0.3) is 0 Å². The minimum Gasteiger partial charge on any atom is -0.357 e. The van der Waals surface area contributed by atoms with E-state index in [1.807, 2.05) is 65.8 Å². The molecule has 0 unspecified atom stereocenters. The van der Waals surface area contributed by atoms with Gasteiger partial charge in [0.2, 0.25) is 5.91 Å². The maximum absolute atomic E-state index is 12.4. The minimum absolute atomic E-state index is 0. The summed E-state index contributed by atoms with van der Waals surface area (Å²) >= 11 is 0.